The number of nitrogens with zero attached hydrogens (tertiary/aromatic N) is 3. The number of anilines is 1. The fraction of sp³-hybridized carbons (Fsp3) is 0.389. The Morgan fingerprint density at radius 1 is 1.23 bits per heavy atom. The van der Waals surface area contributed by atoms with E-state index in [1.54, 1.807) is 25.3 Å². The number of aromatic nitrogens is 1. The van der Waals surface area contributed by atoms with Crippen molar-refractivity contribution in [3.8, 4) is 5.75 Å². The van der Waals surface area contributed by atoms with Gasteiger partial charge < -0.3 is 9.64 Å². The molecule has 1 aromatic carbocycles. The van der Waals surface area contributed by atoms with Crippen molar-refractivity contribution < 1.29 is 13.2 Å². The topological polar surface area (TPSA) is 62.7 Å². The highest BCUT2D eigenvalue weighted by Gasteiger charge is 2.27. The third-order valence-corrected chi connectivity index (χ3v) is 6.58. The molecule has 6 nitrogen and oxygen atoms in total. The summed E-state index contributed by atoms with van der Waals surface area (Å²) < 4.78 is 32.0. The summed E-state index contributed by atoms with van der Waals surface area (Å²) in [6, 6.07) is 8.79. The average Bonchev–Trinajstić information content (AvgIpc) is 3.17. The van der Waals surface area contributed by atoms with Crippen LogP contribution in [0, 0.1) is 0 Å². The summed E-state index contributed by atoms with van der Waals surface area (Å²) in [7, 11) is 0.0588. The number of hydrogen-bond donors (Lipinski definition) is 0. The van der Waals surface area contributed by atoms with Crippen LogP contribution >= 0.6 is 11.6 Å². The number of pyridine rings is 1. The largest absolute Gasteiger partial charge is 0.496 e. The lowest BCUT2D eigenvalue weighted by molar-refractivity contribution is 0.409. The van der Waals surface area contributed by atoms with Gasteiger partial charge in [-0.25, -0.2) is 13.4 Å². The van der Waals surface area contributed by atoms with Crippen molar-refractivity contribution in [2.24, 2.45) is 0 Å². The molecule has 1 aliphatic rings. The van der Waals surface area contributed by atoms with Crippen LogP contribution in [0.3, 0.4) is 0 Å². The van der Waals surface area contributed by atoms with Crippen LogP contribution in [0.2, 0.25) is 5.02 Å². The Hall–Kier alpha value is -1.83. The lowest BCUT2D eigenvalue weighted by atomic mass is 10.2. The van der Waals surface area contributed by atoms with E-state index < -0.39 is 10.0 Å². The van der Waals surface area contributed by atoms with Gasteiger partial charge in [-0.1, -0.05) is 11.6 Å². The van der Waals surface area contributed by atoms with Gasteiger partial charge in [0.1, 0.15) is 16.5 Å². The van der Waals surface area contributed by atoms with E-state index in [1.807, 2.05) is 24.1 Å². The predicted molar refractivity (Wildman–Crippen MR) is 102 cm³/mol. The summed E-state index contributed by atoms with van der Waals surface area (Å²) >= 11 is 6.08. The molecule has 0 amide bonds. The van der Waals surface area contributed by atoms with Crippen LogP contribution in [0.4, 0.5) is 5.82 Å². The van der Waals surface area contributed by atoms with Gasteiger partial charge in [-0.3, -0.25) is 0 Å². The highest BCUT2D eigenvalue weighted by Crippen LogP contribution is 2.26. The van der Waals surface area contributed by atoms with E-state index in [-0.39, 0.29) is 4.90 Å². The van der Waals surface area contributed by atoms with Gasteiger partial charge in [0.2, 0.25) is 10.0 Å². The fourth-order valence-corrected chi connectivity index (χ4v) is 4.69. The summed E-state index contributed by atoms with van der Waals surface area (Å²) in [5, 5.41) is 0.634. The Bertz CT molecular complexity index is 866. The highest BCUT2D eigenvalue weighted by molar-refractivity contribution is 7.89. The summed E-state index contributed by atoms with van der Waals surface area (Å²) in [6.07, 6.45) is 3.25. The zero-order valence-corrected chi connectivity index (χ0v) is 16.4. The normalized spacial score (nSPS) is 15.2. The molecule has 1 aliphatic heterocycles. The molecule has 8 heteroatoms. The second kappa shape index (κ2) is 7.82. The molecule has 1 saturated heterocycles. The summed E-state index contributed by atoms with van der Waals surface area (Å²) in [5.41, 5.74) is 0.929. The molecule has 0 radical (unpaired) electrons. The van der Waals surface area contributed by atoms with Crippen molar-refractivity contribution in [3.63, 3.8) is 0 Å². The van der Waals surface area contributed by atoms with Crippen molar-refractivity contribution in [3.05, 3.63) is 47.1 Å². The molecule has 140 valence electrons. The number of ether oxygens (including phenoxy) is 1. The molecule has 0 bridgehead atoms. The minimum absolute atomic E-state index is 0.233. The molecule has 1 aromatic heterocycles. The standard InChI is InChI=1S/C18H22ClN3O3S/c1-21(13-14-11-15(19)5-7-17(14)25-2)18-8-6-16(12-20-18)26(23,24)22-9-3-4-10-22/h5-8,11-12H,3-4,9-10,13H2,1-2H3. The minimum Gasteiger partial charge on any atom is -0.496 e. The molecule has 2 heterocycles. The lowest BCUT2D eigenvalue weighted by Crippen LogP contribution is -2.28. The second-order valence-electron chi connectivity index (χ2n) is 6.28. The molecule has 0 N–H and O–H groups in total. The van der Waals surface area contributed by atoms with E-state index in [1.165, 1.54) is 10.5 Å². The number of methoxy groups -OCH3 is 1. The molecular weight excluding hydrogens is 374 g/mol. The van der Waals surface area contributed by atoms with Gasteiger partial charge in [0, 0.05) is 43.5 Å². The lowest BCUT2D eigenvalue weighted by Gasteiger charge is -2.21. The van der Waals surface area contributed by atoms with E-state index in [9.17, 15) is 8.42 Å². The third-order valence-electron chi connectivity index (χ3n) is 4.46. The van der Waals surface area contributed by atoms with Gasteiger partial charge in [-0.15, -0.1) is 0 Å². The third kappa shape index (κ3) is 3.95. The zero-order chi connectivity index (χ0) is 18.7. The maximum absolute atomic E-state index is 12.6. The molecule has 0 spiro atoms. The van der Waals surface area contributed by atoms with Crippen LogP contribution in [0.5, 0.6) is 5.75 Å². The molecule has 0 atom stereocenters. The van der Waals surface area contributed by atoms with E-state index in [0.29, 0.717) is 30.5 Å². The van der Waals surface area contributed by atoms with Crippen LogP contribution in [0.25, 0.3) is 0 Å². The van der Waals surface area contributed by atoms with E-state index in [2.05, 4.69) is 4.98 Å². The number of sulfonamides is 1. The van der Waals surface area contributed by atoms with Crippen LogP contribution in [0.1, 0.15) is 18.4 Å². The summed E-state index contributed by atoms with van der Waals surface area (Å²) in [4.78, 5) is 6.49. The van der Waals surface area contributed by atoms with E-state index >= 15 is 0 Å². The molecule has 0 unspecified atom stereocenters. The number of benzene rings is 1. The number of hydrogen-bond acceptors (Lipinski definition) is 5. The first-order chi connectivity index (χ1) is 12.4. The average molecular weight is 396 g/mol. The first-order valence-corrected chi connectivity index (χ1v) is 10.2. The van der Waals surface area contributed by atoms with Gasteiger partial charge in [-0.05, 0) is 43.2 Å². The predicted octanol–water partition coefficient (Wildman–Crippen LogP) is 3.16. The first-order valence-electron chi connectivity index (χ1n) is 8.41. The molecule has 2 aromatic rings. The van der Waals surface area contributed by atoms with Gasteiger partial charge >= 0.3 is 0 Å². The van der Waals surface area contributed by atoms with Crippen molar-refractivity contribution in [2.45, 2.75) is 24.3 Å². The van der Waals surface area contributed by atoms with Crippen molar-refractivity contribution in [1.29, 1.82) is 0 Å². The summed E-state index contributed by atoms with van der Waals surface area (Å²) in [5.74, 6) is 1.42. The van der Waals surface area contributed by atoms with E-state index in [4.69, 9.17) is 16.3 Å². The van der Waals surface area contributed by atoms with Gasteiger partial charge in [0.15, 0.2) is 0 Å². The van der Waals surface area contributed by atoms with Gasteiger partial charge in [0.05, 0.1) is 7.11 Å². The first kappa shape index (κ1) is 18.9. The Morgan fingerprint density at radius 2 is 1.96 bits per heavy atom. The number of rotatable bonds is 6. The van der Waals surface area contributed by atoms with Crippen LogP contribution in [0.15, 0.2) is 41.4 Å². The van der Waals surface area contributed by atoms with E-state index in [0.717, 1.165) is 24.2 Å². The Morgan fingerprint density at radius 3 is 2.58 bits per heavy atom. The second-order valence-corrected chi connectivity index (χ2v) is 8.65. The van der Waals surface area contributed by atoms with Crippen molar-refractivity contribution >= 4 is 27.4 Å². The monoisotopic (exact) mass is 395 g/mol. The quantitative estimate of drug-likeness (QED) is 0.751. The van der Waals surface area contributed by atoms with Gasteiger partial charge in [-0.2, -0.15) is 4.31 Å². The Balaban J connectivity index is 1.77. The van der Waals surface area contributed by atoms with Gasteiger partial charge in [0.25, 0.3) is 0 Å². The summed E-state index contributed by atoms with van der Waals surface area (Å²) in [6.45, 7) is 1.70. The maximum Gasteiger partial charge on any atom is 0.244 e. The SMILES string of the molecule is COc1ccc(Cl)cc1CN(C)c1ccc(S(=O)(=O)N2CCCC2)cn1. The van der Waals surface area contributed by atoms with Crippen molar-refractivity contribution in [1.82, 2.24) is 9.29 Å². The Labute approximate surface area is 159 Å². The van der Waals surface area contributed by atoms with Crippen LogP contribution in [-0.2, 0) is 16.6 Å². The molecule has 0 aliphatic carbocycles. The fourth-order valence-electron chi connectivity index (χ4n) is 3.04. The zero-order valence-electron chi connectivity index (χ0n) is 14.9. The highest BCUT2D eigenvalue weighted by atomic mass is 35.5. The molecule has 3 rings (SSSR count). The minimum atomic E-state index is -3.44. The maximum atomic E-state index is 12.6. The molecule has 1 fully saturated rings. The van der Waals surface area contributed by atoms with Crippen LogP contribution in [-0.4, -0.2) is 45.0 Å². The molecule has 0 saturated carbocycles. The van der Waals surface area contributed by atoms with Crippen molar-refractivity contribution in [2.75, 3.05) is 32.1 Å². The molecular formula is C18H22ClN3O3S. The molecule has 26 heavy (non-hydrogen) atoms. The smallest absolute Gasteiger partial charge is 0.244 e. The number of halogens is 1. The van der Waals surface area contributed by atoms with Crippen LogP contribution < -0.4 is 9.64 Å². The Kier molecular flexibility index (Phi) is 5.70.